The van der Waals surface area contributed by atoms with Gasteiger partial charge in [0.1, 0.15) is 0 Å². The number of nitrogens with two attached hydrogens (primary N) is 1. The van der Waals surface area contributed by atoms with E-state index in [0.717, 1.165) is 17.6 Å². The van der Waals surface area contributed by atoms with Crippen LogP contribution in [0, 0.1) is 6.92 Å². The number of aliphatic imine (C=N–C) groups is 1. The van der Waals surface area contributed by atoms with Crippen LogP contribution in [0.15, 0.2) is 65.1 Å². The molecule has 0 bridgehead atoms. The first-order valence-corrected chi connectivity index (χ1v) is 10.6. The lowest BCUT2D eigenvalue weighted by molar-refractivity contribution is 0.903. The Bertz CT molecular complexity index is 997. The van der Waals surface area contributed by atoms with E-state index in [1.54, 1.807) is 24.6 Å². The van der Waals surface area contributed by atoms with Crippen molar-refractivity contribution in [1.29, 1.82) is 0 Å². The van der Waals surface area contributed by atoms with E-state index < -0.39 is 0 Å². The Morgan fingerprint density at radius 1 is 1.18 bits per heavy atom. The average molecular weight is 389 g/mol. The van der Waals surface area contributed by atoms with Crippen LogP contribution in [0.3, 0.4) is 0 Å². The Kier molecular flexibility index (Phi) is 6.48. The zero-order valence-corrected chi connectivity index (χ0v) is 17.9. The molecule has 0 aliphatic carbocycles. The second-order valence-corrected chi connectivity index (χ2v) is 8.04. The molecule has 0 spiro atoms. The number of thiophene rings is 1. The van der Waals surface area contributed by atoms with Gasteiger partial charge in [0.05, 0.1) is 0 Å². The van der Waals surface area contributed by atoms with E-state index in [0.29, 0.717) is 5.92 Å². The van der Waals surface area contributed by atoms with Gasteiger partial charge in [-0.15, -0.1) is 11.3 Å². The Morgan fingerprint density at radius 3 is 2.64 bits per heavy atom. The van der Waals surface area contributed by atoms with Crippen molar-refractivity contribution in [2.24, 2.45) is 10.7 Å². The van der Waals surface area contributed by atoms with Crippen LogP contribution in [0.5, 0.6) is 0 Å². The molecule has 28 heavy (non-hydrogen) atoms. The summed E-state index contributed by atoms with van der Waals surface area (Å²) >= 11 is 1.76. The third-order valence-corrected chi connectivity index (χ3v) is 6.18. The zero-order chi connectivity index (χ0) is 20.1. The van der Waals surface area contributed by atoms with Crippen molar-refractivity contribution in [3.8, 4) is 10.4 Å². The molecule has 2 aromatic carbocycles. The number of allylic oxidation sites excluding steroid dienone is 1. The molecule has 3 rings (SSSR count). The van der Waals surface area contributed by atoms with Crippen molar-refractivity contribution in [3.05, 3.63) is 87.9 Å². The molecule has 3 heteroatoms. The van der Waals surface area contributed by atoms with Crippen LogP contribution >= 0.6 is 11.3 Å². The first kappa shape index (κ1) is 20.1. The Hall–Kier alpha value is -2.65. The maximum Gasteiger partial charge on any atom is 0.0343 e. The highest BCUT2D eigenvalue weighted by atomic mass is 32.1. The maximum atomic E-state index is 5.91. The van der Waals surface area contributed by atoms with Crippen LogP contribution in [0.1, 0.15) is 47.6 Å². The lowest BCUT2D eigenvalue weighted by atomic mass is 9.86. The van der Waals surface area contributed by atoms with Crippen molar-refractivity contribution in [3.63, 3.8) is 0 Å². The van der Waals surface area contributed by atoms with Crippen molar-refractivity contribution in [2.75, 3.05) is 7.05 Å². The molecule has 0 amide bonds. The largest absolute Gasteiger partial charge is 0.404 e. The summed E-state index contributed by atoms with van der Waals surface area (Å²) in [6.07, 6.45) is 4.51. The molecule has 0 fully saturated rings. The molecular formula is C25H28N2S. The van der Waals surface area contributed by atoms with Crippen LogP contribution in [-0.4, -0.2) is 13.3 Å². The molecule has 0 radical (unpaired) electrons. The molecule has 0 aliphatic heterocycles. The summed E-state index contributed by atoms with van der Waals surface area (Å²) in [6, 6.07) is 17.9. The monoisotopic (exact) mass is 388 g/mol. The van der Waals surface area contributed by atoms with E-state index in [2.05, 4.69) is 79.7 Å². The van der Waals surface area contributed by atoms with Crippen molar-refractivity contribution >= 4 is 23.1 Å². The molecule has 1 atom stereocenters. The normalized spacial score (nSPS) is 13.2. The van der Waals surface area contributed by atoms with Crippen LogP contribution < -0.4 is 5.73 Å². The minimum absolute atomic E-state index is 0.294. The highest BCUT2D eigenvalue weighted by Crippen LogP contribution is 2.34. The highest BCUT2D eigenvalue weighted by Gasteiger charge is 2.15. The molecule has 1 aromatic heterocycles. The van der Waals surface area contributed by atoms with E-state index in [1.165, 1.54) is 32.7 Å². The molecule has 1 heterocycles. The number of hydrogen-bond acceptors (Lipinski definition) is 3. The Labute approximate surface area is 172 Å². The minimum atomic E-state index is 0.294. The molecule has 0 aliphatic rings. The van der Waals surface area contributed by atoms with E-state index >= 15 is 0 Å². The third kappa shape index (κ3) is 4.26. The fraction of sp³-hybridized carbons (Fsp3) is 0.240. The molecule has 2 N–H and O–H groups in total. The predicted molar refractivity (Wildman–Crippen MR) is 124 cm³/mol. The summed E-state index contributed by atoms with van der Waals surface area (Å²) in [6.45, 7) is 6.69. The topological polar surface area (TPSA) is 38.4 Å². The maximum absolute atomic E-state index is 5.91. The lowest BCUT2D eigenvalue weighted by Gasteiger charge is -2.19. The number of hydrogen-bond donors (Lipinski definition) is 1. The molecular weight excluding hydrogens is 360 g/mol. The summed E-state index contributed by atoms with van der Waals surface area (Å²) in [4.78, 5) is 5.44. The van der Waals surface area contributed by atoms with Gasteiger partial charge in [-0.3, -0.25) is 4.99 Å². The van der Waals surface area contributed by atoms with Gasteiger partial charge in [0.2, 0.25) is 0 Å². The van der Waals surface area contributed by atoms with Crippen molar-refractivity contribution in [2.45, 2.75) is 33.1 Å². The molecule has 144 valence electrons. The van der Waals surface area contributed by atoms with E-state index in [-0.39, 0.29) is 0 Å². The average Bonchev–Trinajstić information content (AvgIpc) is 3.26. The van der Waals surface area contributed by atoms with Gasteiger partial charge in [0.25, 0.3) is 0 Å². The number of nitrogens with zero attached hydrogens (tertiary/aromatic N) is 1. The summed E-state index contributed by atoms with van der Waals surface area (Å²) in [5.41, 5.74) is 14.6. The Morgan fingerprint density at radius 2 is 2.00 bits per heavy atom. The van der Waals surface area contributed by atoms with Gasteiger partial charge in [0, 0.05) is 35.8 Å². The standard InChI is InChI=1S/C25H28N2S/c1-5-19-9-8-17(2)24(11-19)18(3)20-12-21(23(15-26)16-27-4)14-22(13-20)25-7-6-10-28-25/h6-16,18H,5,26H2,1-4H3. The minimum Gasteiger partial charge on any atom is -0.404 e. The number of aryl methyl sites for hydroxylation is 2. The fourth-order valence-electron chi connectivity index (χ4n) is 3.56. The fourth-order valence-corrected chi connectivity index (χ4v) is 4.28. The van der Waals surface area contributed by atoms with Crippen LogP contribution in [0.4, 0.5) is 0 Å². The first-order chi connectivity index (χ1) is 13.6. The molecule has 0 saturated heterocycles. The van der Waals surface area contributed by atoms with Gasteiger partial charge >= 0.3 is 0 Å². The lowest BCUT2D eigenvalue weighted by Crippen LogP contribution is -2.02. The van der Waals surface area contributed by atoms with E-state index in [1.807, 2.05) is 6.21 Å². The van der Waals surface area contributed by atoms with E-state index in [9.17, 15) is 0 Å². The molecule has 1 unspecified atom stereocenters. The highest BCUT2D eigenvalue weighted by molar-refractivity contribution is 7.13. The summed E-state index contributed by atoms with van der Waals surface area (Å²) < 4.78 is 0. The molecule has 2 nitrogen and oxygen atoms in total. The third-order valence-electron chi connectivity index (χ3n) is 5.26. The van der Waals surface area contributed by atoms with Gasteiger partial charge in [0.15, 0.2) is 0 Å². The molecule has 0 saturated carbocycles. The van der Waals surface area contributed by atoms with Crippen LogP contribution in [-0.2, 0) is 6.42 Å². The van der Waals surface area contributed by atoms with Gasteiger partial charge < -0.3 is 5.73 Å². The second-order valence-electron chi connectivity index (χ2n) is 7.10. The SMILES string of the molecule is CCc1ccc(C)c(C(C)c2cc(C(C=NC)=CN)cc(-c3cccs3)c2)c1. The quantitative estimate of drug-likeness (QED) is 0.485. The second kappa shape index (κ2) is 9.03. The van der Waals surface area contributed by atoms with Crippen molar-refractivity contribution < 1.29 is 0 Å². The van der Waals surface area contributed by atoms with Gasteiger partial charge in [-0.2, -0.15) is 0 Å². The molecule has 3 aromatic rings. The Balaban J connectivity index is 2.15. The smallest absolute Gasteiger partial charge is 0.0343 e. The van der Waals surface area contributed by atoms with Gasteiger partial charge in [-0.1, -0.05) is 44.2 Å². The summed E-state index contributed by atoms with van der Waals surface area (Å²) in [5, 5.41) is 2.12. The summed E-state index contributed by atoms with van der Waals surface area (Å²) in [5.74, 6) is 0.294. The summed E-state index contributed by atoms with van der Waals surface area (Å²) in [7, 11) is 1.77. The van der Waals surface area contributed by atoms with Gasteiger partial charge in [-0.25, -0.2) is 0 Å². The number of benzene rings is 2. The predicted octanol–water partition coefficient (Wildman–Crippen LogP) is 6.44. The van der Waals surface area contributed by atoms with Crippen LogP contribution in [0.25, 0.3) is 16.0 Å². The van der Waals surface area contributed by atoms with E-state index in [4.69, 9.17) is 5.73 Å². The zero-order valence-electron chi connectivity index (χ0n) is 17.1. The van der Waals surface area contributed by atoms with Gasteiger partial charge in [-0.05, 0) is 70.3 Å². The van der Waals surface area contributed by atoms with Crippen LogP contribution in [0.2, 0.25) is 0 Å². The first-order valence-electron chi connectivity index (χ1n) is 9.70. The number of rotatable bonds is 6. The van der Waals surface area contributed by atoms with Crippen molar-refractivity contribution in [1.82, 2.24) is 0 Å².